The van der Waals surface area contributed by atoms with Gasteiger partial charge in [-0.1, -0.05) is 0 Å². The van der Waals surface area contributed by atoms with Gasteiger partial charge >= 0.3 is 5.97 Å². The smallest absolute Gasteiger partial charge is 0.330 e. The zero-order valence-corrected chi connectivity index (χ0v) is 11.6. The summed E-state index contributed by atoms with van der Waals surface area (Å²) in [5.41, 5.74) is 4.83. The quantitative estimate of drug-likeness (QED) is 0.791. The number of carbonyl (C=O) groups excluding carboxylic acids is 2. The lowest BCUT2D eigenvalue weighted by Gasteiger charge is -2.22. The summed E-state index contributed by atoms with van der Waals surface area (Å²) in [5.74, 6) is -0.938. The Morgan fingerprint density at radius 2 is 2.17 bits per heavy atom. The molecule has 1 heterocycles. The van der Waals surface area contributed by atoms with Crippen LogP contribution in [0.15, 0.2) is 5.38 Å². The summed E-state index contributed by atoms with van der Waals surface area (Å²) in [4.78, 5) is 27.4. The SMILES string of the molecule is COC(=O)C(C)(C)NC(=O)c1csc(C(C)N)n1. The number of nitrogens with zero attached hydrogens (tertiary/aromatic N) is 1. The molecular formula is C11H17N3O3S. The fourth-order valence-electron chi connectivity index (χ4n) is 1.26. The summed E-state index contributed by atoms with van der Waals surface area (Å²) in [6.07, 6.45) is 0. The van der Waals surface area contributed by atoms with E-state index in [1.54, 1.807) is 26.2 Å². The first-order valence-electron chi connectivity index (χ1n) is 5.40. The third-order valence-electron chi connectivity index (χ3n) is 2.27. The lowest BCUT2D eigenvalue weighted by molar-refractivity contribution is -0.146. The van der Waals surface area contributed by atoms with E-state index in [-0.39, 0.29) is 11.7 Å². The average Bonchev–Trinajstić information content (AvgIpc) is 2.76. The van der Waals surface area contributed by atoms with Crippen molar-refractivity contribution in [3.05, 3.63) is 16.1 Å². The molecule has 0 aliphatic heterocycles. The maximum atomic E-state index is 11.9. The van der Waals surface area contributed by atoms with Gasteiger partial charge in [-0.3, -0.25) is 4.79 Å². The number of nitrogens with two attached hydrogens (primary N) is 1. The van der Waals surface area contributed by atoms with Crippen molar-refractivity contribution in [1.82, 2.24) is 10.3 Å². The van der Waals surface area contributed by atoms with Crippen LogP contribution in [-0.2, 0) is 9.53 Å². The second-order valence-electron chi connectivity index (χ2n) is 4.43. The van der Waals surface area contributed by atoms with E-state index in [9.17, 15) is 9.59 Å². The van der Waals surface area contributed by atoms with E-state index in [1.165, 1.54) is 18.4 Å². The summed E-state index contributed by atoms with van der Waals surface area (Å²) < 4.78 is 4.60. The predicted molar refractivity (Wildman–Crippen MR) is 68.3 cm³/mol. The molecule has 0 aliphatic rings. The molecule has 1 amide bonds. The zero-order valence-electron chi connectivity index (χ0n) is 10.8. The number of rotatable bonds is 4. The Labute approximate surface area is 110 Å². The van der Waals surface area contributed by atoms with Gasteiger partial charge in [0.05, 0.1) is 13.2 Å². The highest BCUT2D eigenvalue weighted by molar-refractivity contribution is 7.09. The number of amides is 1. The number of hydrogen-bond acceptors (Lipinski definition) is 6. The van der Waals surface area contributed by atoms with Crippen LogP contribution in [0.3, 0.4) is 0 Å². The first kappa shape index (κ1) is 14.6. The number of methoxy groups -OCH3 is 1. The normalized spacial score (nSPS) is 12.9. The Balaban J connectivity index is 2.79. The highest BCUT2D eigenvalue weighted by Gasteiger charge is 2.31. The fraction of sp³-hybridized carbons (Fsp3) is 0.545. The standard InChI is InChI=1S/C11H17N3O3S/c1-6(12)9-13-7(5-18-9)8(15)14-11(2,3)10(16)17-4/h5-6H,12H2,1-4H3,(H,14,15). The van der Waals surface area contributed by atoms with Gasteiger partial charge in [-0.05, 0) is 20.8 Å². The van der Waals surface area contributed by atoms with Crippen LogP contribution >= 0.6 is 11.3 Å². The van der Waals surface area contributed by atoms with Gasteiger partial charge in [0.1, 0.15) is 16.2 Å². The van der Waals surface area contributed by atoms with Gasteiger partial charge in [-0.2, -0.15) is 0 Å². The van der Waals surface area contributed by atoms with Crippen LogP contribution in [-0.4, -0.2) is 29.5 Å². The van der Waals surface area contributed by atoms with Crippen molar-refractivity contribution in [3.63, 3.8) is 0 Å². The van der Waals surface area contributed by atoms with Gasteiger partial charge in [0.15, 0.2) is 0 Å². The molecule has 18 heavy (non-hydrogen) atoms. The Bertz CT molecular complexity index is 454. The molecule has 6 nitrogen and oxygen atoms in total. The molecule has 1 atom stereocenters. The van der Waals surface area contributed by atoms with E-state index < -0.39 is 17.4 Å². The fourth-order valence-corrected chi connectivity index (χ4v) is 2.01. The number of ether oxygens (including phenoxy) is 1. The number of aromatic nitrogens is 1. The maximum absolute atomic E-state index is 11.9. The molecule has 0 radical (unpaired) electrons. The molecule has 0 aromatic carbocycles. The minimum absolute atomic E-state index is 0.217. The largest absolute Gasteiger partial charge is 0.467 e. The van der Waals surface area contributed by atoms with Crippen molar-refractivity contribution in [2.24, 2.45) is 5.73 Å². The third kappa shape index (κ3) is 3.27. The van der Waals surface area contributed by atoms with Gasteiger partial charge in [0.2, 0.25) is 0 Å². The van der Waals surface area contributed by atoms with Crippen molar-refractivity contribution >= 4 is 23.2 Å². The van der Waals surface area contributed by atoms with Gasteiger partial charge in [0, 0.05) is 5.38 Å². The lowest BCUT2D eigenvalue weighted by Crippen LogP contribution is -2.50. The lowest BCUT2D eigenvalue weighted by atomic mass is 10.1. The zero-order chi connectivity index (χ0) is 13.9. The van der Waals surface area contributed by atoms with Crippen molar-refractivity contribution in [2.45, 2.75) is 32.4 Å². The van der Waals surface area contributed by atoms with E-state index in [0.717, 1.165) is 0 Å². The van der Waals surface area contributed by atoms with E-state index in [4.69, 9.17) is 5.73 Å². The monoisotopic (exact) mass is 271 g/mol. The number of thiazole rings is 1. The third-order valence-corrected chi connectivity index (χ3v) is 3.31. The van der Waals surface area contributed by atoms with Crippen molar-refractivity contribution in [3.8, 4) is 0 Å². The van der Waals surface area contributed by atoms with Gasteiger partial charge in [-0.15, -0.1) is 11.3 Å². The molecule has 0 fully saturated rings. The second kappa shape index (κ2) is 5.45. The Morgan fingerprint density at radius 3 is 2.61 bits per heavy atom. The molecule has 1 aromatic heterocycles. The first-order chi connectivity index (χ1) is 8.27. The summed E-state index contributed by atoms with van der Waals surface area (Å²) in [5, 5.41) is 4.85. The molecule has 0 saturated heterocycles. The van der Waals surface area contributed by atoms with E-state index >= 15 is 0 Å². The van der Waals surface area contributed by atoms with Crippen molar-refractivity contribution in [1.29, 1.82) is 0 Å². The Hall–Kier alpha value is -1.47. The number of hydrogen-bond donors (Lipinski definition) is 2. The van der Waals surface area contributed by atoms with Gasteiger partial charge in [-0.25, -0.2) is 9.78 Å². The van der Waals surface area contributed by atoms with Crippen LogP contribution in [0.2, 0.25) is 0 Å². The molecule has 1 unspecified atom stereocenters. The van der Waals surface area contributed by atoms with Crippen LogP contribution in [0.5, 0.6) is 0 Å². The minimum Gasteiger partial charge on any atom is -0.467 e. The molecule has 0 bridgehead atoms. The van der Waals surface area contributed by atoms with Gasteiger partial charge in [0.25, 0.3) is 5.91 Å². The predicted octanol–water partition coefficient (Wildman–Crippen LogP) is 0.844. The minimum atomic E-state index is -1.09. The highest BCUT2D eigenvalue weighted by Crippen LogP contribution is 2.16. The molecule has 0 spiro atoms. The first-order valence-corrected chi connectivity index (χ1v) is 6.28. The van der Waals surface area contributed by atoms with Crippen LogP contribution in [0.1, 0.15) is 42.3 Å². The number of esters is 1. The Kier molecular flexibility index (Phi) is 4.42. The second-order valence-corrected chi connectivity index (χ2v) is 5.32. The summed E-state index contributed by atoms with van der Waals surface area (Å²) >= 11 is 1.31. The molecule has 3 N–H and O–H groups in total. The van der Waals surface area contributed by atoms with Crippen molar-refractivity contribution < 1.29 is 14.3 Å². The van der Waals surface area contributed by atoms with Crippen LogP contribution in [0, 0.1) is 0 Å². The molecule has 1 aromatic rings. The number of carbonyl (C=O) groups is 2. The molecule has 1 rings (SSSR count). The molecule has 0 aliphatic carbocycles. The van der Waals surface area contributed by atoms with E-state index in [0.29, 0.717) is 5.01 Å². The molecule has 100 valence electrons. The number of nitrogens with one attached hydrogen (secondary N) is 1. The van der Waals surface area contributed by atoms with Crippen molar-refractivity contribution in [2.75, 3.05) is 7.11 Å². The molecule has 0 saturated carbocycles. The summed E-state index contributed by atoms with van der Waals surface area (Å²) in [6.45, 7) is 4.92. The summed E-state index contributed by atoms with van der Waals surface area (Å²) in [6, 6.07) is -0.217. The average molecular weight is 271 g/mol. The van der Waals surface area contributed by atoms with Gasteiger partial charge < -0.3 is 15.8 Å². The summed E-state index contributed by atoms with van der Waals surface area (Å²) in [7, 11) is 1.27. The van der Waals surface area contributed by atoms with Crippen LogP contribution in [0.4, 0.5) is 0 Å². The molecule has 7 heteroatoms. The van der Waals surface area contributed by atoms with Crippen LogP contribution in [0.25, 0.3) is 0 Å². The maximum Gasteiger partial charge on any atom is 0.330 e. The van der Waals surface area contributed by atoms with E-state index in [1.807, 2.05) is 0 Å². The van der Waals surface area contributed by atoms with E-state index in [2.05, 4.69) is 15.0 Å². The Morgan fingerprint density at radius 1 is 1.56 bits per heavy atom. The van der Waals surface area contributed by atoms with Crippen LogP contribution < -0.4 is 11.1 Å². The molecular weight excluding hydrogens is 254 g/mol. The topological polar surface area (TPSA) is 94.3 Å². The highest BCUT2D eigenvalue weighted by atomic mass is 32.1.